The second-order valence-corrected chi connectivity index (χ2v) is 8.47. The number of likely N-dealkylation sites (tertiary alicyclic amines) is 2. The van der Waals surface area contributed by atoms with Crippen LogP contribution in [-0.2, 0) is 19.6 Å². The first kappa shape index (κ1) is 18.8. The first-order valence-electron chi connectivity index (χ1n) is 8.81. The number of aromatic nitrogens is 1. The van der Waals surface area contributed by atoms with Gasteiger partial charge in [0.05, 0.1) is 6.54 Å². The lowest BCUT2D eigenvalue weighted by atomic mass is 10.1. The molecule has 0 saturated carbocycles. The Balaban J connectivity index is 1.68. The number of hydrogen-bond acceptors (Lipinski definition) is 6. The number of carbonyl (C=O) groups excluding carboxylic acids is 2. The van der Waals surface area contributed by atoms with Crippen molar-refractivity contribution in [2.45, 2.75) is 50.5 Å². The first-order chi connectivity index (χ1) is 12.3. The van der Waals surface area contributed by atoms with Gasteiger partial charge in [-0.15, -0.1) is 0 Å². The van der Waals surface area contributed by atoms with Crippen LogP contribution in [-0.4, -0.2) is 67.4 Å². The number of nitrogens with zero attached hydrogens (tertiary/aromatic N) is 3. The Hall–Kier alpha value is -1.94. The van der Waals surface area contributed by atoms with Gasteiger partial charge in [0.25, 0.3) is 0 Å². The largest absolute Gasteiger partial charge is 0.360 e. The summed E-state index contributed by atoms with van der Waals surface area (Å²) in [5.41, 5.74) is 0.249. The van der Waals surface area contributed by atoms with Gasteiger partial charge in [-0.05, 0) is 39.5 Å². The second-order valence-electron chi connectivity index (χ2n) is 6.82. The molecule has 1 aromatic rings. The maximum atomic E-state index is 12.7. The van der Waals surface area contributed by atoms with Crippen molar-refractivity contribution >= 4 is 21.8 Å². The number of amides is 2. The van der Waals surface area contributed by atoms with Gasteiger partial charge in [-0.1, -0.05) is 5.16 Å². The van der Waals surface area contributed by atoms with Crippen LogP contribution in [0.1, 0.15) is 37.1 Å². The summed E-state index contributed by atoms with van der Waals surface area (Å²) in [6.45, 7) is 4.96. The van der Waals surface area contributed by atoms with Crippen LogP contribution in [0.5, 0.6) is 0 Å². The molecule has 26 heavy (non-hydrogen) atoms. The van der Waals surface area contributed by atoms with Crippen LogP contribution in [0.15, 0.2) is 9.42 Å². The molecule has 0 spiro atoms. The van der Waals surface area contributed by atoms with Crippen molar-refractivity contribution in [2.24, 2.45) is 0 Å². The monoisotopic (exact) mass is 384 g/mol. The summed E-state index contributed by atoms with van der Waals surface area (Å²) < 4.78 is 32.6. The average Bonchev–Trinajstić information content (AvgIpc) is 3.21. The predicted octanol–water partition coefficient (Wildman–Crippen LogP) is 0.183. The van der Waals surface area contributed by atoms with E-state index in [1.54, 1.807) is 4.90 Å². The summed E-state index contributed by atoms with van der Waals surface area (Å²) in [6.07, 6.45) is 3.00. The molecule has 9 nitrogen and oxygen atoms in total. The van der Waals surface area contributed by atoms with Crippen LogP contribution in [0.4, 0.5) is 0 Å². The number of piperidine rings is 1. The fraction of sp³-hybridized carbons (Fsp3) is 0.688. The van der Waals surface area contributed by atoms with Gasteiger partial charge in [0.2, 0.25) is 21.8 Å². The van der Waals surface area contributed by atoms with Gasteiger partial charge < -0.3 is 14.3 Å². The van der Waals surface area contributed by atoms with Crippen molar-refractivity contribution in [3.63, 3.8) is 0 Å². The molecule has 3 rings (SSSR count). The zero-order valence-electron chi connectivity index (χ0n) is 15.0. The van der Waals surface area contributed by atoms with E-state index in [1.165, 1.54) is 18.7 Å². The van der Waals surface area contributed by atoms with Gasteiger partial charge in [-0.25, -0.2) is 8.42 Å². The molecule has 1 atom stereocenters. The fourth-order valence-corrected chi connectivity index (χ4v) is 5.09. The highest BCUT2D eigenvalue weighted by Crippen LogP contribution is 2.21. The van der Waals surface area contributed by atoms with E-state index in [0.29, 0.717) is 19.4 Å². The van der Waals surface area contributed by atoms with Gasteiger partial charge in [0.1, 0.15) is 16.6 Å². The Labute approximate surface area is 152 Å². The molecule has 0 aliphatic carbocycles. The van der Waals surface area contributed by atoms with Crippen LogP contribution in [0, 0.1) is 13.8 Å². The molecule has 3 heterocycles. The first-order valence-corrected chi connectivity index (χ1v) is 10.3. The quantitative estimate of drug-likeness (QED) is 0.775. The van der Waals surface area contributed by atoms with E-state index in [2.05, 4.69) is 9.88 Å². The zero-order chi connectivity index (χ0) is 18.9. The van der Waals surface area contributed by atoms with Crippen molar-refractivity contribution in [3.8, 4) is 0 Å². The second kappa shape index (κ2) is 7.36. The molecule has 2 aliphatic rings. The lowest BCUT2D eigenvalue weighted by Crippen LogP contribution is -2.54. The molecule has 1 N–H and O–H groups in total. The molecule has 0 radical (unpaired) electrons. The molecule has 2 aliphatic heterocycles. The van der Waals surface area contributed by atoms with E-state index >= 15 is 0 Å². The third-order valence-corrected chi connectivity index (χ3v) is 6.56. The highest BCUT2D eigenvalue weighted by molar-refractivity contribution is 7.89. The van der Waals surface area contributed by atoms with E-state index in [9.17, 15) is 18.0 Å². The predicted molar refractivity (Wildman–Crippen MR) is 91.7 cm³/mol. The third-order valence-electron chi connectivity index (χ3n) is 4.85. The Bertz CT molecular complexity index is 778. The normalized spacial score (nSPS) is 21.5. The van der Waals surface area contributed by atoms with Crippen molar-refractivity contribution in [1.82, 2.24) is 19.7 Å². The molecule has 1 aromatic heterocycles. The molecule has 144 valence electrons. The van der Waals surface area contributed by atoms with Gasteiger partial charge in [0.15, 0.2) is 5.76 Å². The summed E-state index contributed by atoms with van der Waals surface area (Å²) in [4.78, 5) is 28.2. The van der Waals surface area contributed by atoms with Gasteiger partial charge in [-0.2, -0.15) is 4.72 Å². The molecule has 1 unspecified atom stereocenters. The Morgan fingerprint density at radius 2 is 1.92 bits per heavy atom. The van der Waals surface area contributed by atoms with E-state index in [0.717, 1.165) is 25.9 Å². The van der Waals surface area contributed by atoms with Crippen LogP contribution >= 0.6 is 0 Å². The van der Waals surface area contributed by atoms with Crippen molar-refractivity contribution in [1.29, 1.82) is 0 Å². The zero-order valence-corrected chi connectivity index (χ0v) is 15.8. The van der Waals surface area contributed by atoms with Crippen molar-refractivity contribution in [3.05, 3.63) is 11.5 Å². The molecule has 2 amide bonds. The third kappa shape index (κ3) is 3.75. The number of sulfonamides is 1. The molecule has 10 heteroatoms. The van der Waals surface area contributed by atoms with Crippen LogP contribution in [0.2, 0.25) is 0 Å². The SMILES string of the molecule is Cc1noc(C)c1S(=O)(=O)NC1CCCN(CC(=O)N2CCCC2)C1=O. The lowest BCUT2D eigenvalue weighted by Gasteiger charge is -2.33. The maximum Gasteiger partial charge on any atom is 0.246 e. The fourth-order valence-electron chi connectivity index (χ4n) is 3.54. The maximum absolute atomic E-state index is 12.7. The Morgan fingerprint density at radius 1 is 1.23 bits per heavy atom. The van der Waals surface area contributed by atoms with Crippen molar-refractivity contribution < 1.29 is 22.5 Å². The van der Waals surface area contributed by atoms with Crippen LogP contribution < -0.4 is 4.72 Å². The number of hydrogen-bond donors (Lipinski definition) is 1. The molecule has 0 aromatic carbocycles. The van der Waals surface area contributed by atoms with E-state index in [4.69, 9.17) is 4.52 Å². The minimum absolute atomic E-state index is 0.00236. The summed E-state index contributed by atoms with van der Waals surface area (Å²) >= 11 is 0. The van der Waals surface area contributed by atoms with E-state index in [-0.39, 0.29) is 34.7 Å². The van der Waals surface area contributed by atoms with Crippen LogP contribution in [0.3, 0.4) is 0 Å². The summed E-state index contributed by atoms with van der Waals surface area (Å²) in [5.74, 6) is -0.261. The number of nitrogens with one attached hydrogen (secondary N) is 1. The molecule has 2 saturated heterocycles. The summed E-state index contributed by atoms with van der Waals surface area (Å²) in [6, 6.07) is -0.881. The highest BCUT2D eigenvalue weighted by atomic mass is 32.2. The van der Waals surface area contributed by atoms with Gasteiger partial charge >= 0.3 is 0 Å². The van der Waals surface area contributed by atoms with E-state index in [1.807, 2.05) is 0 Å². The Morgan fingerprint density at radius 3 is 2.54 bits per heavy atom. The van der Waals surface area contributed by atoms with Gasteiger partial charge in [-0.3, -0.25) is 9.59 Å². The Kier molecular flexibility index (Phi) is 5.33. The summed E-state index contributed by atoms with van der Waals surface area (Å²) in [7, 11) is -3.93. The number of carbonyl (C=O) groups is 2. The molecular formula is C16H24N4O5S. The molecule has 0 bridgehead atoms. The van der Waals surface area contributed by atoms with Gasteiger partial charge in [0, 0.05) is 19.6 Å². The molecule has 2 fully saturated rings. The lowest BCUT2D eigenvalue weighted by molar-refractivity contribution is -0.142. The average molecular weight is 384 g/mol. The van der Waals surface area contributed by atoms with E-state index < -0.39 is 16.1 Å². The topological polar surface area (TPSA) is 113 Å². The number of aryl methyl sites for hydroxylation is 2. The standard InChI is InChI=1S/C16H24N4O5S/c1-11-15(12(2)25-17-11)26(23,24)18-13-6-5-9-20(16(13)22)10-14(21)19-7-3-4-8-19/h13,18H,3-10H2,1-2H3. The highest BCUT2D eigenvalue weighted by Gasteiger charge is 2.35. The smallest absolute Gasteiger partial charge is 0.246 e. The summed E-state index contributed by atoms with van der Waals surface area (Å²) in [5, 5.41) is 3.65. The molecular weight excluding hydrogens is 360 g/mol. The minimum atomic E-state index is -3.93. The number of rotatable bonds is 5. The van der Waals surface area contributed by atoms with Crippen molar-refractivity contribution in [2.75, 3.05) is 26.2 Å². The van der Waals surface area contributed by atoms with Crippen LogP contribution in [0.25, 0.3) is 0 Å². The minimum Gasteiger partial charge on any atom is -0.360 e.